The summed E-state index contributed by atoms with van der Waals surface area (Å²) in [7, 11) is 1.60. The van der Waals surface area contributed by atoms with Crippen molar-refractivity contribution in [2.24, 2.45) is 0 Å². The van der Waals surface area contributed by atoms with Gasteiger partial charge in [-0.05, 0) is 42.3 Å². The molecule has 2 aromatic carbocycles. The summed E-state index contributed by atoms with van der Waals surface area (Å²) in [5.41, 5.74) is 0.784. The molecule has 0 heterocycles. The van der Waals surface area contributed by atoms with Crippen LogP contribution in [0.4, 0.5) is 0 Å². The molecule has 0 aliphatic heterocycles. The van der Waals surface area contributed by atoms with E-state index in [-0.39, 0.29) is 17.6 Å². The van der Waals surface area contributed by atoms with Crippen LogP contribution in [-0.4, -0.2) is 29.2 Å². The number of hydrogen-bond donors (Lipinski definition) is 2. The second kappa shape index (κ2) is 7.22. The zero-order valence-electron chi connectivity index (χ0n) is 11.3. The highest BCUT2D eigenvalue weighted by Crippen LogP contribution is 2.30. The van der Waals surface area contributed by atoms with Crippen molar-refractivity contribution < 1.29 is 14.9 Å². The molecule has 4 heteroatoms. The number of benzene rings is 2. The highest BCUT2D eigenvalue weighted by atomic mass is 32.2. The van der Waals surface area contributed by atoms with Gasteiger partial charge >= 0.3 is 0 Å². The Morgan fingerprint density at radius 3 is 2.55 bits per heavy atom. The fourth-order valence-corrected chi connectivity index (χ4v) is 2.97. The van der Waals surface area contributed by atoms with Crippen LogP contribution in [0.2, 0.25) is 0 Å². The smallest absolute Gasteiger partial charge is 0.119 e. The Kier molecular flexibility index (Phi) is 5.32. The molecule has 0 fully saturated rings. The van der Waals surface area contributed by atoms with Crippen molar-refractivity contribution in [3.63, 3.8) is 0 Å². The quantitative estimate of drug-likeness (QED) is 0.803. The lowest BCUT2D eigenvalue weighted by Gasteiger charge is -2.15. The Hall–Kier alpha value is -1.65. The molecule has 0 aliphatic rings. The predicted molar refractivity (Wildman–Crippen MR) is 81.5 cm³/mol. The summed E-state index contributed by atoms with van der Waals surface area (Å²) in [6, 6.07) is 15.1. The van der Waals surface area contributed by atoms with E-state index in [0.717, 1.165) is 10.5 Å². The average Bonchev–Trinajstić information content (AvgIpc) is 2.49. The third-order valence-corrected chi connectivity index (χ3v) is 4.18. The molecule has 106 valence electrons. The Bertz CT molecular complexity index is 543. The van der Waals surface area contributed by atoms with Crippen molar-refractivity contribution >= 4 is 11.8 Å². The topological polar surface area (TPSA) is 49.7 Å². The first-order valence-corrected chi connectivity index (χ1v) is 7.29. The SMILES string of the molecule is COc1ccc(O)c(CC(CO)Sc2ccccc2)c1. The van der Waals surface area contributed by atoms with Crippen LogP contribution >= 0.6 is 11.8 Å². The molecule has 0 amide bonds. The van der Waals surface area contributed by atoms with Gasteiger partial charge in [0.2, 0.25) is 0 Å². The van der Waals surface area contributed by atoms with Gasteiger partial charge in [-0.2, -0.15) is 0 Å². The molecule has 0 bridgehead atoms. The van der Waals surface area contributed by atoms with Crippen LogP contribution in [0.25, 0.3) is 0 Å². The molecule has 2 N–H and O–H groups in total. The number of methoxy groups -OCH3 is 1. The van der Waals surface area contributed by atoms with Crippen molar-refractivity contribution in [1.82, 2.24) is 0 Å². The number of aliphatic hydroxyl groups is 1. The molecule has 0 saturated heterocycles. The van der Waals surface area contributed by atoms with Crippen molar-refractivity contribution in [1.29, 1.82) is 0 Å². The van der Waals surface area contributed by atoms with Crippen LogP contribution in [0, 0.1) is 0 Å². The van der Waals surface area contributed by atoms with E-state index in [1.807, 2.05) is 36.4 Å². The van der Waals surface area contributed by atoms with Crippen molar-refractivity contribution in [3.05, 3.63) is 54.1 Å². The molecule has 1 unspecified atom stereocenters. The molecule has 0 spiro atoms. The molecule has 2 rings (SSSR count). The number of phenols is 1. The first-order chi connectivity index (χ1) is 9.72. The first kappa shape index (κ1) is 14.8. The molecule has 1 atom stereocenters. The minimum absolute atomic E-state index is 0.00425. The van der Waals surface area contributed by atoms with Crippen molar-refractivity contribution in [2.45, 2.75) is 16.6 Å². The van der Waals surface area contributed by atoms with E-state index in [2.05, 4.69) is 0 Å². The summed E-state index contributed by atoms with van der Waals surface area (Å²) in [4.78, 5) is 1.11. The Morgan fingerprint density at radius 1 is 1.15 bits per heavy atom. The number of thioether (sulfide) groups is 1. The van der Waals surface area contributed by atoms with Gasteiger partial charge in [-0.3, -0.25) is 0 Å². The number of ether oxygens (including phenoxy) is 1. The number of aliphatic hydroxyl groups excluding tert-OH is 1. The van der Waals surface area contributed by atoms with Gasteiger partial charge in [-0.25, -0.2) is 0 Å². The standard InChI is InChI=1S/C16H18O3S/c1-19-13-7-8-16(18)12(9-13)10-15(11-17)20-14-5-3-2-4-6-14/h2-9,15,17-18H,10-11H2,1H3. The molecule has 20 heavy (non-hydrogen) atoms. The third-order valence-electron chi connectivity index (χ3n) is 2.98. The van der Waals surface area contributed by atoms with Gasteiger partial charge in [0.1, 0.15) is 11.5 Å². The third kappa shape index (κ3) is 3.92. The van der Waals surface area contributed by atoms with Crippen LogP contribution in [-0.2, 0) is 6.42 Å². The largest absolute Gasteiger partial charge is 0.508 e. The van der Waals surface area contributed by atoms with E-state index in [1.165, 1.54) is 0 Å². The van der Waals surface area contributed by atoms with E-state index >= 15 is 0 Å². The van der Waals surface area contributed by atoms with E-state index in [9.17, 15) is 10.2 Å². The molecule has 0 aromatic heterocycles. The summed E-state index contributed by atoms with van der Waals surface area (Å²) in [6.45, 7) is 0.0518. The summed E-state index contributed by atoms with van der Waals surface area (Å²) < 4.78 is 5.16. The molecular weight excluding hydrogens is 272 g/mol. The second-order valence-electron chi connectivity index (χ2n) is 4.43. The van der Waals surface area contributed by atoms with Crippen LogP contribution < -0.4 is 4.74 Å². The van der Waals surface area contributed by atoms with Crippen LogP contribution in [0.3, 0.4) is 0 Å². The maximum Gasteiger partial charge on any atom is 0.119 e. The summed E-state index contributed by atoms with van der Waals surface area (Å²) in [5.74, 6) is 0.942. The summed E-state index contributed by atoms with van der Waals surface area (Å²) in [6.07, 6.45) is 0.582. The van der Waals surface area contributed by atoms with Gasteiger partial charge < -0.3 is 14.9 Å². The Balaban J connectivity index is 2.10. The summed E-state index contributed by atoms with van der Waals surface area (Å²) >= 11 is 1.60. The zero-order chi connectivity index (χ0) is 14.4. The number of aromatic hydroxyl groups is 1. The van der Waals surface area contributed by atoms with Gasteiger partial charge in [0.15, 0.2) is 0 Å². The lowest BCUT2D eigenvalue weighted by atomic mass is 10.1. The number of hydrogen-bond acceptors (Lipinski definition) is 4. The highest BCUT2D eigenvalue weighted by molar-refractivity contribution is 8.00. The van der Waals surface area contributed by atoms with Gasteiger partial charge in [-0.15, -0.1) is 11.8 Å². The lowest BCUT2D eigenvalue weighted by Crippen LogP contribution is -2.12. The molecule has 2 aromatic rings. The second-order valence-corrected chi connectivity index (χ2v) is 5.81. The molecule has 3 nitrogen and oxygen atoms in total. The fourth-order valence-electron chi connectivity index (χ4n) is 1.93. The van der Waals surface area contributed by atoms with Gasteiger partial charge in [0.05, 0.1) is 13.7 Å². The molecule has 0 radical (unpaired) electrons. The van der Waals surface area contributed by atoms with Crippen LogP contribution in [0.5, 0.6) is 11.5 Å². The first-order valence-electron chi connectivity index (χ1n) is 6.41. The average molecular weight is 290 g/mol. The van der Waals surface area contributed by atoms with Gasteiger partial charge in [0.25, 0.3) is 0 Å². The Morgan fingerprint density at radius 2 is 1.90 bits per heavy atom. The van der Waals surface area contributed by atoms with Crippen molar-refractivity contribution in [3.8, 4) is 11.5 Å². The predicted octanol–water partition coefficient (Wildman–Crippen LogP) is 3.10. The highest BCUT2D eigenvalue weighted by Gasteiger charge is 2.13. The number of rotatable bonds is 6. The molecule has 0 aliphatic carbocycles. The van der Waals surface area contributed by atoms with E-state index in [4.69, 9.17) is 4.74 Å². The minimum Gasteiger partial charge on any atom is -0.508 e. The maximum absolute atomic E-state index is 9.89. The normalized spacial score (nSPS) is 12.1. The van der Waals surface area contributed by atoms with Gasteiger partial charge in [0, 0.05) is 10.1 Å². The maximum atomic E-state index is 9.89. The van der Waals surface area contributed by atoms with E-state index in [0.29, 0.717) is 12.2 Å². The fraction of sp³-hybridized carbons (Fsp3) is 0.250. The van der Waals surface area contributed by atoms with E-state index < -0.39 is 0 Å². The van der Waals surface area contributed by atoms with Crippen molar-refractivity contribution in [2.75, 3.05) is 13.7 Å². The van der Waals surface area contributed by atoms with Crippen LogP contribution in [0.15, 0.2) is 53.4 Å². The minimum atomic E-state index is -0.00425. The lowest BCUT2D eigenvalue weighted by molar-refractivity contribution is 0.293. The molecular formula is C16H18O3S. The monoisotopic (exact) mass is 290 g/mol. The van der Waals surface area contributed by atoms with Crippen LogP contribution in [0.1, 0.15) is 5.56 Å². The Labute approximate surface area is 123 Å². The molecule has 0 saturated carbocycles. The summed E-state index contributed by atoms with van der Waals surface area (Å²) in [5, 5.41) is 19.4. The van der Waals surface area contributed by atoms with Gasteiger partial charge in [-0.1, -0.05) is 18.2 Å². The van der Waals surface area contributed by atoms with E-state index in [1.54, 1.807) is 31.0 Å². The zero-order valence-corrected chi connectivity index (χ0v) is 12.1. The number of phenolic OH excluding ortho intramolecular Hbond substituents is 1.